The summed E-state index contributed by atoms with van der Waals surface area (Å²) in [7, 11) is 4.64. The maximum absolute atomic E-state index is 13.4. The minimum absolute atomic E-state index is 0.0497. The van der Waals surface area contributed by atoms with Crippen LogP contribution in [0.3, 0.4) is 0 Å². The fraction of sp³-hybridized carbons (Fsp3) is 0.300. The molecule has 1 aromatic rings. The number of carbonyl (C=O) groups excluding carboxylic acids is 1. The van der Waals surface area contributed by atoms with Gasteiger partial charge in [-0.3, -0.25) is 0 Å². The predicted molar refractivity (Wildman–Crippen MR) is 59.5 cm³/mol. The molecular weight excluding hydrogens is 213 g/mol. The first-order chi connectivity index (χ1) is 7.45. The van der Waals surface area contributed by atoms with E-state index in [-0.39, 0.29) is 16.9 Å². The van der Waals surface area contributed by atoms with E-state index in [1.165, 1.54) is 13.2 Å². The van der Waals surface area contributed by atoms with Crippen molar-refractivity contribution in [1.82, 2.24) is 5.01 Å². The van der Waals surface area contributed by atoms with Gasteiger partial charge in [0.1, 0.15) is 5.82 Å². The summed E-state index contributed by atoms with van der Waals surface area (Å²) in [5, 5.41) is 1.55. The van der Waals surface area contributed by atoms with E-state index in [4.69, 9.17) is 5.73 Å². The Morgan fingerprint density at radius 3 is 2.62 bits per heavy atom. The first-order valence-electron chi connectivity index (χ1n) is 4.57. The molecule has 1 rings (SSSR count). The van der Waals surface area contributed by atoms with Crippen LogP contribution in [0.5, 0.6) is 0 Å². The summed E-state index contributed by atoms with van der Waals surface area (Å²) in [4.78, 5) is 11.3. The van der Waals surface area contributed by atoms with Crippen LogP contribution < -0.4 is 11.2 Å². The minimum atomic E-state index is -0.598. The van der Waals surface area contributed by atoms with E-state index in [0.717, 1.165) is 6.07 Å². The van der Waals surface area contributed by atoms with Gasteiger partial charge in [0.25, 0.3) is 0 Å². The van der Waals surface area contributed by atoms with E-state index in [1.54, 1.807) is 19.1 Å². The third-order valence-corrected chi connectivity index (χ3v) is 1.89. The fourth-order valence-electron chi connectivity index (χ4n) is 1.20. The number of carbonyl (C=O) groups is 1. The number of anilines is 2. The Morgan fingerprint density at radius 1 is 1.50 bits per heavy atom. The molecule has 1 aromatic carbocycles. The Hall–Kier alpha value is -1.82. The van der Waals surface area contributed by atoms with Crippen LogP contribution in [0.4, 0.5) is 15.8 Å². The zero-order valence-electron chi connectivity index (χ0n) is 9.37. The van der Waals surface area contributed by atoms with E-state index in [1.807, 2.05) is 0 Å². The highest BCUT2D eigenvalue weighted by Gasteiger charge is 2.14. The molecule has 0 aromatic heterocycles. The highest BCUT2D eigenvalue weighted by atomic mass is 19.1. The highest BCUT2D eigenvalue weighted by molar-refractivity contribution is 5.96. The van der Waals surface area contributed by atoms with Crippen LogP contribution in [-0.2, 0) is 4.74 Å². The molecule has 0 atom stereocenters. The molecule has 88 valence electrons. The average Bonchev–Trinajstić information content (AvgIpc) is 2.20. The summed E-state index contributed by atoms with van der Waals surface area (Å²) in [5.74, 6) is -1.13. The van der Waals surface area contributed by atoms with Crippen molar-refractivity contribution in [3.8, 4) is 0 Å². The van der Waals surface area contributed by atoms with Crippen molar-refractivity contribution in [1.29, 1.82) is 0 Å². The third kappa shape index (κ3) is 2.60. The van der Waals surface area contributed by atoms with Crippen LogP contribution in [-0.4, -0.2) is 32.2 Å². The summed E-state index contributed by atoms with van der Waals surface area (Å²) in [6.45, 7) is 0. The number of nitrogens with zero attached hydrogens (tertiary/aromatic N) is 1. The van der Waals surface area contributed by atoms with E-state index in [9.17, 15) is 9.18 Å². The van der Waals surface area contributed by atoms with Crippen LogP contribution in [0.15, 0.2) is 12.1 Å². The lowest BCUT2D eigenvalue weighted by molar-refractivity contribution is 0.0602. The fourth-order valence-corrected chi connectivity index (χ4v) is 1.20. The number of ether oxygens (including phenoxy) is 1. The van der Waals surface area contributed by atoms with Gasteiger partial charge in [-0.2, -0.15) is 0 Å². The Morgan fingerprint density at radius 2 is 2.12 bits per heavy atom. The van der Waals surface area contributed by atoms with E-state index in [0.29, 0.717) is 0 Å². The van der Waals surface area contributed by atoms with Gasteiger partial charge in [-0.25, -0.2) is 14.2 Å². The van der Waals surface area contributed by atoms with Gasteiger partial charge in [0, 0.05) is 19.8 Å². The minimum Gasteiger partial charge on any atom is -0.465 e. The Bertz CT molecular complexity index is 407. The van der Waals surface area contributed by atoms with Gasteiger partial charge in [0.2, 0.25) is 0 Å². The lowest BCUT2D eigenvalue weighted by Crippen LogP contribution is -2.21. The third-order valence-electron chi connectivity index (χ3n) is 1.89. The summed E-state index contributed by atoms with van der Waals surface area (Å²) in [6, 6.07) is 2.40. The largest absolute Gasteiger partial charge is 0.465 e. The van der Waals surface area contributed by atoms with Crippen LogP contribution in [0.1, 0.15) is 10.4 Å². The number of methoxy groups -OCH3 is 1. The highest BCUT2D eigenvalue weighted by Crippen LogP contribution is 2.22. The molecule has 0 spiro atoms. The van der Waals surface area contributed by atoms with Gasteiger partial charge in [-0.05, 0) is 12.1 Å². The smallest absolute Gasteiger partial charge is 0.340 e. The Labute approximate surface area is 93.0 Å². The molecule has 0 bridgehead atoms. The predicted octanol–water partition coefficient (Wildman–Crippen LogP) is 1.08. The maximum Gasteiger partial charge on any atom is 0.340 e. The quantitative estimate of drug-likeness (QED) is 0.459. The molecule has 0 radical (unpaired) electrons. The van der Waals surface area contributed by atoms with Crippen LogP contribution >= 0.6 is 0 Å². The summed E-state index contributed by atoms with van der Waals surface area (Å²) < 4.78 is 18.0. The molecule has 6 heteroatoms. The molecule has 0 aliphatic carbocycles. The van der Waals surface area contributed by atoms with Gasteiger partial charge < -0.3 is 15.9 Å². The van der Waals surface area contributed by atoms with Gasteiger partial charge >= 0.3 is 5.97 Å². The maximum atomic E-state index is 13.4. The van der Waals surface area contributed by atoms with Crippen LogP contribution in [0.25, 0.3) is 0 Å². The summed E-state index contributed by atoms with van der Waals surface area (Å²) in [6.07, 6.45) is 0. The number of halogens is 1. The second-order valence-electron chi connectivity index (χ2n) is 3.42. The number of hydrazine groups is 1. The van der Waals surface area contributed by atoms with Gasteiger partial charge in [0.15, 0.2) is 0 Å². The molecule has 0 fully saturated rings. The van der Waals surface area contributed by atoms with E-state index >= 15 is 0 Å². The molecule has 3 N–H and O–H groups in total. The molecule has 0 saturated carbocycles. The number of hydrogen-bond acceptors (Lipinski definition) is 5. The van der Waals surface area contributed by atoms with Crippen molar-refractivity contribution < 1.29 is 13.9 Å². The Balaban J connectivity index is 3.16. The van der Waals surface area contributed by atoms with Crippen molar-refractivity contribution in [3.63, 3.8) is 0 Å². The van der Waals surface area contributed by atoms with Crippen molar-refractivity contribution >= 4 is 17.3 Å². The number of nitrogens with one attached hydrogen (secondary N) is 1. The molecule has 0 saturated heterocycles. The summed E-state index contributed by atoms with van der Waals surface area (Å²) in [5.41, 5.74) is 8.58. The molecule has 0 heterocycles. The zero-order valence-corrected chi connectivity index (χ0v) is 9.37. The monoisotopic (exact) mass is 227 g/mol. The number of esters is 1. The van der Waals surface area contributed by atoms with Gasteiger partial charge in [-0.15, -0.1) is 0 Å². The number of benzene rings is 1. The van der Waals surface area contributed by atoms with Gasteiger partial charge in [0.05, 0.1) is 18.4 Å². The molecule has 0 aliphatic rings. The van der Waals surface area contributed by atoms with Crippen LogP contribution in [0, 0.1) is 5.82 Å². The first kappa shape index (κ1) is 12.3. The van der Waals surface area contributed by atoms with Crippen molar-refractivity contribution in [3.05, 3.63) is 23.5 Å². The normalized spacial score (nSPS) is 10.3. The SMILES string of the molecule is COC(=O)c1cc(NN(C)C)c(F)cc1N. The average molecular weight is 227 g/mol. The van der Waals surface area contributed by atoms with Crippen molar-refractivity contribution in [2.45, 2.75) is 0 Å². The van der Waals surface area contributed by atoms with Gasteiger partial charge in [-0.1, -0.05) is 0 Å². The standard InChI is InChI=1S/C10H14FN3O2/c1-14(2)13-9-4-6(10(15)16-3)8(12)5-7(9)11/h4-5,13H,12H2,1-3H3. The number of rotatable bonds is 3. The number of hydrogen-bond donors (Lipinski definition) is 2. The topological polar surface area (TPSA) is 67.6 Å². The number of nitrogens with two attached hydrogens (primary N) is 1. The summed E-state index contributed by atoms with van der Waals surface area (Å²) >= 11 is 0. The zero-order chi connectivity index (χ0) is 12.3. The molecular formula is C10H14FN3O2. The Kier molecular flexibility index (Phi) is 3.68. The molecule has 0 unspecified atom stereocenters. The van der Waals surface area contributed by atoms with E-state index < -0.39 is 11.8 Å². The molecule has 5 nitrogen and oxygen atoms in total. The number of nitrogen functional groups attached to an aromatic ring is 1. The lowest BCUT2D eigenvalue weighted by Gasteiger charge is -2.15. The second kappa shape index (κ2) is 4.80. The van der Waals surface area contributed by atoms with E-state index in [2.05, 4.69) is 10.2 Å². The lowest BCUT2D eigenvalue weighted by atomic mass is 10.1. The first-order valence-corrected chi connectivity index (χ1v) is 4.57. The van der Waals surface area contributed by atoms with Crippen molar-refractivity contribution in [2.24, 2.45) is 0 Å². The molecule has 0 aliphatic heterocycles. The second-order valence-corrected chi connectivity index (χ2v) is 3.42. The van der Waals surface area contributed by atoms with Crippen molar-refractivity contribution in [2.75, 3.05) is 32.4 Å². The molecule has 16 heavy (non-hydrogen) atoms. The molecule has 0 amide bonds. The van der Waals surface area contributed by atoms with Crippen LogP contribution in [0.2, 0.25) is 0 Å².